The van der Waals surface area contributed by atoms with E-state index in [1.54, 1.807) is 24.6 Å². The summed E-state index contributed by atoms with van der Waals surface area (Å²) < 4.78 is 7.25. The number of nitrogens with one attached hydrogen (secondary N) is 1. The van der Waals surface area contributed by atoms with Crippen molar-refractivity contribution in [3.05, 3.63) is 53.8 Å². The second-order valence-electron chi connectivity index (χ2n) is 5.28. The lowest BCUT2D eigenvalue weighted by molar-refractivity contribution is 0.415. The average Bonchev–Trinajstić information content (AvgIpc) is 3.25. The fraction of sp³-hybridized carbons (Fsp3) is 0.118. The number of hydrogen-bond acceptors (Lipinski definition) is 6. The molecule has 120 valence electrons. The number of anilines is 2. The van der Waals surface area contributed by atoms with Crippen LogP contribution in [0.2, 0.25) is 0 Å². The quantitative estimate of drug-likeness (QED) is 0.611. The molecule has 1 N–H and O–H groups in total. The van der Waals surface area contributed by atoms with Crippen LogP contribution in [0.25, 0.3) is 16.2 Å². The van der Waals surface area contributed by atoms with Gasteiger partial charge in [-0.15, -0.1) is 11.3 Å². The molecule has 0 bridgehead atoms. The van der Waals surface area contributed by atoms with E-state index in [0.717, 1.165) is 33.2 Å². The minimum atomic E-state index is 0.537. The molecule has 0 spiro atoms. The van der Waals surface area contributed by atoms with E-state index < -0.39 is 0 Å². The molecule has 1 aromatic carbocycles. The van der Waals surface area contributed by atoms with Gasteiger partial charge >= 0.3 is 0 Å². The van der Waals surface area contributed by atoms with Crippen LogP contribution in [0.4, 0.5) is 11.6 Å². The first-order valence-electron chi connectivity index (χ1n) is 7.40. The maximum Gasteiger partial charge on any atom is 0.229 e. The summed E-state index contributed by atoms with van der Waals surface area (Å²) in [6.45, 7) is 2.03. The first kappa shape index (κ1) is 14.6. The second-order valence-corrected chi connectivity index (χ2v) is 6.15. The van der Waals surface area contributed by atoms with E-state index in [0.29, 0.717) is 5.95 Å². The number of nitrogens with zero attached hydrogens (tertiary/aromatic N) is 4. The van der Waals surface area contributed by atoms with Gasteiger partial charge in [-0.3, -0.25) is 4.57 Å². The van der Waals surface area contributed by atoms with Gasteiger partial charge in [-0.2, -0.15) is 4.98 Å². The van der Waals surface area contributed by atoms with Crippen LogP contribution in [-0.4, -0.2) is 26.6 Å². The summed E-state index contributed by atoms with van der Waals surface area (Å²) >= 11 is 1.57. The Labute approximate surface area is 142 Å². The van der Waals surface area contributed by atoms with E-state index in [2.05, 4.69) is 20.3 Å². The molecular weight excluding hydrogens is 322 g/mol. The lowest BCUT2D eigenvalue weighted by atomic mass is 10.2. The van der Waals surface area contributed by atoms with E-state index in [9.17, 15) is 0 Å². The summed E-state index contributed by atoms with van der Waals surface area (Å²) in [6.07, 6.45) is 5.55. The Morgan fingerprint density at radius 2 is 2.12 bits per heavy atom. The summed E-state index contributed by atoms with van der Waals surface area (Å²) in [7, 11) is 1.65. The molecule has 0 aliphatic carbocycles. The highest BCUT2D eigenvalue weighted by Crippen LogP contribution is 2.25. The lowest BCUT2D eigenvalue weighted by Crippen LogP contribution is -2.01. The topological polar surface area (TPSA) is 64.9 Å². The number of rotatable bonds is 4. The molecule has 0 amide bonds. The van der Waals surface area contributed by atoms with E-state index in [1.807, 2.05) is 53.5 Å². The molecule has 3 aromatic heterocycles. The van der Waals surface area contributed by atoms with Crippen LogP contribution in [0, 0.1) is 6.92 Å². The normalized spacial score (nSPS) is 10.9. The Kier molecular flexibility index (Phi) is 3.62. The summed E-state index contributed by atoms with van der Waals surface area (Å²) in [5.41, 5.74) is 2.83. The van der Waals surface area contributed by atoms with Crippen molar-refractivity contribution in [3.63, 3.8) is 0 Å². The van der Waals surface area contributed by atoms with Crippen molar-refractivity contribution in [1.82, 2.24) is 19.5 Å². The molecule has 3 heterocycles. The van der Waals surface area contributed by atoms with Gasteiger partial charge in [-0.1, -0.05) is 6.07 Å². The van der Waals surface area contributed by atoms with Gasteiger partial charge in [0.25, 0.3) is 0 Å². The fourth-order valence-corrected chi connectivity index (χ4v) is 3.08. The Balaban J connectivity index is 1.74. The summed E-state index contributed by atoms with van der Waals surface area (Å²) in [5.74, 6) is 1.32. The standard InChI is InChI=1S/C17H15N5OS/c1-11-3-4-13(23-2)9-14(11)20-16-19-10-12-5-7-22(15(12)21-16)17-18-6-8-24-17/h3-10H,1-2H3,(H,19,20,21). The highest BCUT2D eigenvalue weighted by atomic mass is 32.1. The zero-order chi connectivity index (χ0) is 16.5. The predicted octanol–water partition coefficient (Wildman–Crippen LogP) is 3.94. The number of hydrogen-bond donors (Lipinski definition) is 1. The van der Waals surface area contributed by atoms with Gasteiger partial charge in [0.2, 0.25) is 5.95 Å². The molecule has 4 aromatic rings. The predicted molar refractivity (Wildman–Crippen MR) is 95.6 cm³/mol. The third kappa shape index (κ3) is 2.59. The van der Waals surface area contributed by atoms with Crippen LogP contribution >= 0.6 is 11.3 Å². The van der Waals surface area contributed by atoms with Crippen molar-refractivity contribution in [2.24, 2.45) is 0 Å². The maximum absolute atomic E-state index is 5.28. The fourth-order valence-electron chi connectivity index (χ4n) is 2.45. The van der Waals surface area contributed by atoms with Crippen molar-refractivity contribution >= 4 is 34.0 Å². The largest absolute Gasteiger partial charge is 0.497 e. The van der Waals surface area contributed by atoms with Crippen LogP contribution in [0.15, 0.2) is 48.2 Å². The molecule has 0 aliphatic heterocycles. The summed E-state index contributed by atoms with van der Waals surface area (Å²) in [6, 6.07) is 7.84. The minimum Gasteiger partial charge on any atom is -0.497 e. The van der Waals surface area contributed by atoms with Gasteiger partial charge in [-0.25, -0.2) is 9.97 Å². The van der Waals surface area contributed by atoms with Gasteiger partial charge in [0.1, 0.15) is 5.75 Å². The van der Waals surface area contributed by atoms with Crippen molar-refractivity contribution < 1.29 is 4.74 Å². The molecule has 7 heteroatoms. The van der Waals surface area contributed by atoms with Crippen molar-refractivity contribution in [2.45, 2.75) is 6.92 Å². The van der Waals surface area contributed by atoms with Gasteiger partial charge < -0.3 is 10.1 Å². The highest BCUT2D eigenvalue weighted by Gasteiger charge is 2.10. The minimum absolute atomic E-state index is 0.537. The molecule has 0 fully saturated rings. The van der Waals surface area contributed by atoms with Crippen molar-refractivity contribution in [3.8, 4) is 10.9 Å². The van der Waals surface area contributed by atoms with E-state index in [-0.39, 0.29) is 0 Å². The van der Waals surface area contributed by atoms with Crippen LogP contribution in [0.5, 0.6) is 5.75 Å². The van der Waals surface area contributed by atoms with E-state index in [1.165, 1.54) is 0 Å². The van der Waals surface area contributed by atoms with Gasteiger partial charge in [0.05, 0.1) is 7.11 Å². The Hall–Kier alpha value is -2.93. The van der Waals surface area contributed by atoms with Gasteiger partial charge in [-0.05, 0) is 24.6 Å². The zero-order valence-electron chi connectivity index (χ0n) is 13.2. The first-order chi connectivity index (χ1) is 11.7. The number of fused-ring (bicyclic) bond motifs is 1. The number of thiazole rings is 1. The molecule has 0 radical (unpaired) electrons. The number of aromatic nitrogens is 4. The smallest absolute Gasteiger partial charge is 0.229 e. The zero-order valence-corrected chi connectivity index (χ0v) is 14.0. The Bertz CT molecular complexity index is 994. The molecule has 4 rings (SSSR count). The first-order valence-corrected chi connectivity index (χ1v) is 8.28. The molecule has 0 aliphatic rings. The Morgan fingerprint density at radius 3 is 2.92 bits per heavy atom. The van der Waals surface area contributed by atoms with Crippen LogP contribution < -0.4 is 10.1 Å². The number of ether oxygens (including phenoxy) is 1. The van der Waals surface area contributed by atoms with Gasteiger partial charge in [0, 0.05) is 41.1 Å². The highest BCUT2D eigenvalue weighted by molar-refractivity contribution is 7.12. The number of aryl methyl sites for hydroxylation is 1. The van der Waals surface area contributed by atoms with Crippen LogP contribution in [0.3, 0.4) is 0 Å². The molecule has 0 unspecified atom stereocenters. The maximum atomic E-state index is 5.28. The molecule has 0 saturated carbocycles. The summed E-state index contributed by atoms with van der Waals surface area (Å²) in [5, 5.41) is 7.07. The number of methoxy groups -OCH3 is 1. The van der Waals surface area contributed by atoms with Crippen molar-refractivity contribution in [1.29, 1.82) is 0 Å². The van der Waals surface area contributed by atoms with Crippen LogP contribution in [-0.2, 0) is 0 Å². The molecule has 6 nitrogen and oxygen atoms in total. The van der Waals surface area contributed by atoms with E-state index in [4.69, 9.17) is 4.74 Å². The molecule has 24 heavy (non-hydrogen) atoms. The van der Waals surface area contributed by atoms with Crippen LogP contribution in [0.1, 0.15) is 5.56 Å². The number of benzene rings is 1. The molecule has 0 atom stereocenters. The van der Waals surface area contributed by atoms with Crippen molar-refractivity contribution in [2.75, 3.05) is 12.4 Å². The molecule has 0 saturated heterocycles. The van der Waals surface area contributed by atoms with Gasteiger partial charge in [0.15, 0.2) is 10.8 Å². The monoisotopic (exact) mass is 337 g/mol. The third-order valence-corrected chi connectivity index (χ3v) is 4.51. The Morgan fingerprint density at radius 1 is 1.21 bits per heavy atom. The average molecular weight is 337 g/mol. The SMILES string of the molecule is COc1ccc(C)c(Nc2ncc3ccn(-c4nccs4)c3n2)c1. The lowest BCUT2D eigenvalue weighted by Gasteiger charge is -2.10. The summed E-state index contributed by atoms with van der Waals surface area (Å²) in [4.78, 5) is 13.4. The van der Waals surface area contributed by atoms with E-state index >= 15 is 0 Å². The second kappa shape index (κ2) is 5.93. The molecular formula is C17H15N5OS. The third-order valence-electron chi connectivity index (χ3n) is 3.74.